The highest BCUT2D eigenvalue weighted by Crippen LogP contribution is 2.43. The minimum Gasteiger partial charge on any atom is -0.508 e. The van der Waals surface area contributed by atoms with Crippen molar-refractivity contribution in [3.8, 4) is 35.4 Å². The Morgan fingerprint density at radius 1 is 1.00 bits per heavy atom. The van der Waals surface area contributed by atoms with E-state index in [1.54, 1.807) is 0 Å². The number of halogens is 2. The Kier molecular flexibility index (Phi) is 6.19. The van der Waals surface area contributed by atoms with Gasteiger partial charge < -0.3 is 14.7 Å². The Bertz CT molecular complexity index is 1830. The molecule has 7 nitrogen and oxygen atoms in total. The molecule has 4 aromatic rings. The second kappa shape index (κ2) is 10.0. The molecule has 2 aromatic heterocycles. The largest absolute Gasteiger partial charge is 0.508 e. The van der Waals surface area contributed by atoms with E-state index < -0.39 is 11.6 Å². The normalized spacial score (nSPS) is 21.0. The van der Waals surface area contributed by atoms with Crippen LogP contribution in [0.25, 0.3) is 32.9 Å². The number of benzene rings is 2. The van der Waals surface area contributed by atoms with Crippen molar-refractivity contribution < 1.29 is 18.6 Å². The predicted octanol–water partition coefficient (Wildman–Crippen LogP) is 6.12. The van der Waals surface area contributed by atoms with Crippen LogP contribution in [-0.2, 0) is 6.42 Å². The molecule has 0 spiro atoms. The zero-order valence-electron chi connectivity index (χ0n) is 24.0. The van der Waals surface area contributed by atoms with E-state index >= 15 is 4.39 Å². The third-order valence-corrected chi connectivity index (χ3v) is 10.2. The zero-order chi connectivity index (χ0) is 29.3. The highest BCUT2D eigenvalue weighted by molar-refractivity contribution is 6.03. The first-order valence-corrected chi connectivity index (χ1v) is 15.4. The Hall–Kier alpha value is -4.03. The summed E-state index contributed by atoms with van der Waals surface area (Å²) in [6.07, 6.45) is 14.9. The molecular weight excluding hydrogens is 548 g/mol. The Morgan fingerprint density at radius 3 is 2.65 bits per heavy atom. The fraction of sp³-hybridized carbons (Fsp3) is 0.441. The van der Waals surface area contributed by atoms with E-state index in [1.165, 1.54) is 24.3 Å². The summed E-state index contributed by atoms with van der Waals surface area (Å²) in [5, 5.41) is 12.0. The first-order valence-electron chi connectivity index (χ1n) is 15.4. The lowest BCUT2D eigenvalue weighted by Crippen LogP contribution is -2.43. The molecule has 0 radical (unpaired) electrons. The number of aromatic hydroxyl groups is 1. The molecule has 9 heteroatoms. The second-order valence-electron chi connectivity index (χ2n) is 12.5. The van der Waals surface area contributed by atoms with Gasteiger partial charge in [-0.2, -0.15) is 9.97 Å². The molecule has 4 aliphatic heterocycles. The number of piperidine rings is 1. The molecule has 6 heterocycles. The molecule has 0 aliphatic carbocycles. The van der Waals surface area contributed by atoms with Crippen molar-refractivity contribution in [2.24, 2.45) is 0 Å². The monoisotopic (exact) mass is 581 g/mol. The second-order valence-corrected chi connectivity index (χ2v) is 12.5. The molecule has 220 valence electrons. The minimum absolute atomic E-state index is 0.00105. The number of nitrogens with zero attached hydrogens (tertiary/aromatic N) is 5. The number of terminal acetylenes is 1. The van der Waals surface area contributed by atoms with Crippen LogP contribution in [0.1, 0.15) is 62.6 Å². The lowest BCUT2D eigenvalue weighted by Gasteiger charge is -2.36. The van der Waals surface area contributed by atoms with Crippen LogP contribution < -0.4 is 9.64 Å². The van der Waals surface area contributed by atoms with Gasteiger partial charge in [0.2, 0.25) is 0 Å². The van der Waals surface area contributed by atoms with Gasteiger partial charge >= 0.3 is 6.01 Å². The standard InChI is InChI=1S/C34H33F2N5O2/c1-2-23-25(35)10-8-20-17-22(42)18-24(27(20)23)30-29(36)31-28-26(37-30)11-9-21-7-3-4-16-41(21)32(28)39-33(38-31)43-19-34-12-5-14-40(34)15-6-13-34/h1,8,10,17-18,21,42H,3-7,9,11-16,19H2. The van der Waals surface area contributed by atoms with Gasteiger partial charge in [0.15, 0.2) is 5.82 Å². The van der Waals surface area contributed by atoms with Crippen LogP contribution in [0.5, 0.6) is 11.8 Å². The number of pyridine rings is 1. The van der Waals surface area contributed by atoms with Crippen molar-refractivity contribution >= 4 is 27.5 Å². The summed E-state index contributed by atoms with van der Waals surface area (Å²) in [5.41, 5.74) is 1.03. The summed E-state index contributed by atoms with van der Waals surface area (Å²) in [4.78, 5) is 19.3. The lowest BCUT2D eigenvalue weighted by atomic mass is 9.95. The smallest absolute Gasteiger partial charge is 0.319 e. The van der Waals surface area contributed by atoms with E-state index in [0.29, 0.717) is 40.7 Å². The maximum absolute atomic E-state index is 16.9. The zero-order valence-corrected chi connectivity index (χ0v) is 24.0. The van der Waals surface area contributed by atoms with Gasteiger partial charge in [-0.15, -0.1) is 6.42 Å². The Morgan fingerprint density at radius 2 is 1.84 bits per heavy atom. The summed E-state index contributed by atoms with van der Waals surface area (Å²) in [6.45, 7) is 3.45. The molecule has 3 fully saturated rings. The van der Waals surface area contributed by atoms with Gasteiger partial charge in [-0.25, -0.2) is 13.8 Å². The number of phenolic OH excluding ortho intramolecular Hbond substituents is 1. The van der Waals surface area contributed by atoms with Gasteiger partial charge in [0, 0.05) is 23.5 Å². The molecule has 2 aromatic carbocycles. The summed E-state index contributed by atoms with van der Waals surface area (Å²) >= 11 is 0. The van der Waals surface area contributed by atoms with Crippen molar-refractivity contribution in [2.75, 3.05) is 31.1 Å². The minimum atomic E-state index is -0.664. The molecular formula is C34H33F2N5O2. The number of hydrogen-bond donors (Lipinski definition) is 1. The van der Waals surface area contributed by atoms with E-state index in [2.05, 4.69) is 15.7 Å². The molecule has 3 saturated heterocycles. The maximum Gasteiger partial charge on any atom is 0.319 e. The van der Waals surface area contributed by atoms with Crippen molar-refractivity contribution in [3.63, 3.8) is 0 Å². The number of anilines is 1. The van der Waals surface area contributed by atoms with Gasteiger partial charge in [-0.3, -0.25) is 4.90 Å². The first kappa shape index (κ1) is 26.6. The number of ether oxygens (including phenoxy) is 1. The highest BCUT2D eigenvalue weighted by Gasteiger charge is 2.45. The van der Waals surface area contributed by atoms with Crippen molar-refractivity contribution in [1.82, 2.24) is 19.9 Å². The predicted molar refractivity (Wildman–Crippen MR) is 161 cm³/mol. The molecule has 43 heavy (non-hydrogen) atoms. The van der Waals surface area contributed by atoms with Crippen molar-refractivity contribution in [2.45, 2.75) is 69.4 Å². The van der Waals surface area contributed by atoms with Crippen molar-refractivity contribution in [3.05, 3.63) is 47.2 Å². The van der Waals surface area contributed by atoms with Crippen LogP contribution in [0.2, 0.25) is 0 Å². The van der Waals surface area contributed by atoms with Gasteiger partial charge in [0.1, 0.15) is 35.2 Å². The van der Waals surface area contributed by atoms with Gasteiger partial charge in [0.05, 0.1) is 22.2 Å². The molecule has 1 atom stereocenters. The maximum atomic E-state index is 16.9. The summed E-state index contributed by atoms with van der Waals surface area (Å²) < 4.78 is 38.2. The summed E-state index contributed by atoms with van der Waals surface area (Å²) in [5.74, 6) is 1.76. The van der Waals surface area contributed by atoms with Gasteiger partial charge in [-0.05, 0) is 94.5 Å². The van der Waals surface area contributed by atoms with Crippen LogP contribution in [0.15, 0.2) is 24.3 Å². The van der Waals surface area contributed by atoms with Crippen molar-refractivity contribution in [1.29, 1.82) is 0 Å². The fourth-order valence-electron chi connectivity index (χ4n) is 8.13. The highest BCUT2D eigenvalue weighted by atomic mass is 19.1. The quantitative estimate of drug-likeness (QED) is 0.291. The van der Waals surface area contributed by atoms with Gasteiger partial charge in [0.25, 0.3) is 0 Å². The first-order chi connectivity index (χ1) is 21.0. The molecule has 1 unspecified atom stereocenters. The molecule has 0 amide bonds. The van der Waals surface area contributed by atoms with Crippen LogP contribution >= 0.6 is 0 Å². The number of phenols is 1. The third-order valence-electron chi connectivity index (χ3n) is 10.2. The van der Waals surface area contributed by atoms with E-state index in [4.69, 9.17) is 26.1 Å². The molecule has 0 bridgehead atoms. The van der Waals surface area contributed by atoms with E-state index in [1.807, 2.05) is 0 Å². The lowest BCUT2D eigenvalue weighted by molar-refractivity contribution is 0.108. The third kappa shape index (κ3) is 4.14. The number of fused-ring (bicyclic) bond motifs is 4. The van der Waals surface area contributed by atoms with Crippen LogP contribution in [-0.4, -0.2) is 62.8 Å². The van der Waals surface area contributed by atoms with Gasteiger partial charge in [-0.1, -0.05) is 12.0 Å². The topological polar surface area (TPSA) is 74.6 Å². The van der Waals surface area contributed by atoms with E-state index in [0.717, 1.165) is 71.0 Å². The number of rotatable bonds is 4. The summed E-state index contributed by atoms with van der Waals surface area (Å²) in [6, 6.07) is 6.12. The molecule has 4 aliphatic rings. The number of aromatic nitrogens is 3. The van der Waals surface area contributed by atoms with Crippen LogP contribution in [0.3, 0.4) is 0 Å². The Labute approximate surface area is 248 Å². The number of hydrogen-bond acceptors (Lipinski definition) is 7. The average Bonchev–Trinajstić information content (AvgIpc) is 3.56. The van der Waals surface area contributed by atoms with E-state index in [-0.39, 0.29) is 45.7 Å². The molecule has 0 saturated carbocycles. The molecule has 8 rings (SSSR count). The molecule has 1 N–H and O–H groups in total. The van der Waals surface area contributed by atoms with E-state index in [9.17, 15) is 9.50 Å². The number of aryl methyl sites for hydroxylation is 1. The Balaban J connectivity index is 1.34. The average molecular weight is 582 g/mol. The SMILES string of the molecule is C#Cc1c(F)ccc2cc(O)cc(-c3nc4c5c(nc(OCC67CCCN6CCC7)nc5c3F)N3CCCCC3CC4)c12. The van der Waals surface area contributed by atoms with Crippen LogP contribution in [0, 0.1) is 24.0 Å². The summed E-state index contributed by atoms with van der Waals surface area (Å²) in [7, 11) is 0. The fourth-order valence-corrected chi connectivity index (χ4v) is 8.13. The van der Waals surface area contributed by atoms with Crippen LogP contribution in [0.4, 0.5) is 14.6 Å².